The number of ether oxygens (including phenoxy) is 3. The van der Waals surface area contributed by atoms with Gasteiger partial charge < -0.3 is 29.2 Å². The van der Waals surface area contributed by atoms with Crippen LogP contribution in [0.3, 0.4) is 0 Å². The lowest BCUT2D eigenvalue weighted by molar-refractivity contribution is -0.139. The van der Waals surface area contributed by atoms with E-state index < -0.39 is 5.97 Å². The Labute approximate surface area is 193 Å². The molecule has 1 atom stereocenters. The van der Waals surface area contributed by atoms with E-state index in [9.17, 15) is 4.79 Å². The van der Waals surface area contributed by atoms with Gasteiger partial charge in [-0.1, -0.05) is 6.07 Å². The van der Waals surface area contributed by atoms with Gasteiger partial charge in [0, 0.05) is 53.1 Å². The van der Waals surface area contributed by atoms with Crippen molar-refractivity contribution in [2.45, 2.75) is 38.8 Å². The van der Waals surface area contributed by atoms with Crippen LogP contribution in [-0.4, -0.2) is 42.9 Å². The number of nitrogens with one attached hydrogen (secondary N) is 1. The van der Waals surface area contributed by atoms with Gasteiger partial charge in [-0.25, -0.2) is 4.79 Å². The van der Waals surface area contributed by atoms with Crippen LogP contribution in [0.15, 0.2) is 36.5 Å². The molecule has 174 valence electrons. The molecule has 2 N–H and O–H groups in total. The molecule has 2 aromatic carbocycles. The SMILES string of the molecule is COc1cc(C)c2[nH]ccc2c1CN1CC[C@H](OCC2CC2)c2ccc(OCC(=O)O)cc21. The first-order valence-electron chi connectivity index (χ1n) is 11.5. The van der Waals surface area contributed by atoms with Gasteiger partial charge in [-0.15, -0.1) is 0 Å². The number of aromatic nitrogens is 1. The fraction of sp³-hybridized carbons (Fsp3) is 0.423. The van der Waals surface area contributed by atoms with Crippen LogP contribution in [0.4, 0.5) is 5.69 Å². The summed E-state index contributed by atoms with van der Waals surface area (Å²) >= 11 is 0. The number of aromatic amines is 1. The molecule has 1 saturated carbocycles. The summed E-state index contributed by atoms with van der Waals surface area (Å²) < 4.78 is 17.6. The van der Waals surface area contributed by atoms with E-state index in [0.717, 1.165) is 58.6 Å². The van der Waals surface area contributed by atoms with Crippen molar-refractivity contribution in [1.29, 1.82) is 0 Å². The van der Waals surface area contributed by atoms with Crippen molar-refractivity contribution in [2.75, 3.05) is 31.8 Å². The maximum absolute atomic E-state index is 11.0. The lowest BCUT2D eigenvalue weighted by atomic mass is 9.96. The van der Waals surface area contributed by atoms with Gasteiger partial charge in [-0.05, 0) is 55.9 Å². The molecule has 0 radical (unpaired) electrons. The first kappa shape index (κ1) is 21.6. The molecule has 2 heterocycles. The molecular weight excluding hydrogens is 420 g/mol. The van der Waals surface area contributed by atoms with Gasteiger partial charge in [0.25, 0.3) is 0 Å². The van der Waals surface area contributed by atoms with E-state index in [2.05, 4.69) is 28.9 Å². The van der Waals surface area contributed by atoms with E-state index in [1.807, 2.05) is 24.4 Å². The fourth-order valence-electron chi connectivity index (χ4n) is 4.70. The van der Waals surface area contributed by atoms with Gasteiger partial charge in [0.2, 0.25) is 0 Å². The van der Waals surface area contributed by atoms with Crippen LogP contribution in [0.2, 0.25) is 0 Å². The summed E-state index contributed by atoms with van der Waals surface area (Å²) in [5, 5.41) is 10.2. The Morgan fingerprint density at radius 3 is 2.82 bits per heavy atom. The molecule has 7 nitrogen and oxygen atoms in total. The van der Waals surface area contributed by atoms with Crippen LogP contribution < -0.4 is 14.4 Å². The molecule has 1 aliphatic heterocycles. The normalized spacial score (nSPS) is 17.8. The van der Waals surface area contributed by atoms with Crippen molar-refractivity contribution < 1.29 is 24.1 Å². The number of carbonyl (C=O) groups is 1. The Hall–Kier alpha value is -3.19. The van der Waals surface area contributed by atoms with Crippen molar-refractivity contribution in [2.24, 2.45) is 5.92 Å². The first-order valence-corrected chi connectivity index (χ1v) is 11.5. The van der Waals surface area contributed by atoms with Gasteiger partial charge >= 0.3 is 5.97 Å². The number of aliphatic carboxylic acids is 1. The second-order valence-corrected chi connectivity index (χ2v) is 9.02. The highest BCUT2D eigenvalue weighted by molar-refractivity contribution is 5.88. The van der Waals surface area contributed by atoms with Gasteiger partial charge in [0.05, 0.1) is 19.8 Å². The summed E-state index contributed by atoms with van der Waals surface area (Å²) in [6.45, 7) is 4.01. The molecule has 7 heteroatoms. The van der Waals surface area contributed by atoms with E-state index in [-0.39, 0.29) is 12.7 Å². The third-order valence-electron chi connectivity index (χ3n) is 6.62. The number of H-pyrrole nitrogens is 1. The molecule has 0 bridgehead atoms. The number of hydrogen-bond donors (Lipinski definition) is 2. The van der Waals surface area contributed by atoms with Crippen LogP contribution in [-0.2, 0) is 16.1 Å². The zero-order valence-electron chi connectivity index (χ0n) is 19.1. The second kappa shape index (κ2) is 8.98. The highest BCUT2D eigenvalue weighted by atomic mass is 16.5. The van der Waals surface area contributed by atoms with Crippen LogP contribution in [0.5, 0.6) is 11.5 Å². The summed E-state index contributed by atoms with van der Waals surface area (Å²) in [5.74, 6) is 1.12. The van der Waals surface area contributed by atoms with E-state index in [1.165, 1.54) is 12.8 Å². The van der Waals surface area contributed by atoms with Gasteiger partial charge in [0.15, 0.2) is 6.61 Å². The zero-order chi connectivity index (χ0) is 22.9. The molecule has 2 aliphatic rings. The maximum atomic E-state index is 11.0. The summed E-state index contributed by atoms with van der Waals surface area (Å²) in [6.07, 6.45) is 5.42. The number of anilines is 1. The number of aryl methyl sites for hydroxylation is 1. The smallest absolute Gasteiger partial charge is 0.341 e. The topological polar surface area (TPSA) is 84.0 Å². The third-order valence-corrected chi connectivity index (χ3v) is 6.62. The predicted molar refractivity (Wildman–Crippen MR) is 126 cm³/mol. The number of nitrogens with zero attached hydrogens (tertiary/aromatic N) is 1. The second-order valence-electron chi connectivity index (χ2n) is 9.02. The van der Waals surface area contributed by atoms with Gasteiger partial charge in [-0.2, -0.15) is 0 Å². The molecule has 3 aromatic rings. The van der Waals surface area contributed by atoms with E-state index >= 15 is 0 Å². The van der Waals surface area contributed by atoms with Gasteiger partial charge in [-0.3, -0.25) is 0 Å². The molecule has 0 unspecified atom stereocenters. The van der Waals surface area contributed by atoms with E-state index in [0.29, 0.717) is 18.2 Å². The molecule has 5 rings (SSSR count). The summed E-state index contributed by atoms with van der Waals surface area (Å²) in [4.78, 5) is 16.7. The third kappa shape index (κ3) is 4.50. The Bertz CT molecular complexity index is 1170. The Balaban J connectivity index is 1.49. The number of benzene rings is 2. The number of rotatable bonds is 9. The average molecular weight is 451 g/mol. The molecular formula is C26H30N2O5. The van der Waals surface area contributed by atoms with Crippen molar-refractivity contribution in [3.8, 4) is 11.5 Å². The molecule has 1 aromatic heterocycles. The number of carboxylic acids is 1. The Morgan fingerprint density at radius 2 is 2.06 bits per heavy atom. The molecule has 1 aliphatic carbocycles. The maximum Gasteiger partial charge on any atom is 0.341 e. The fourth-order valence-corrected chi connectivity index (χ4v) is 4.70. The molecule has 33 heavy (non-hydrogen) atoms. The highest BCUT2D eigenvalue weighted by Gasteiger charge is 2.30. The molecule has 0 saturated heterocycles. The number of carboxylic acid groups (broad SMARTS) is 1. The molecule has 0 spiro atoms. The van der Waals surface area contributed by atoms with Crippen molar-refractivity contribution in [3.05, 3.63) is 53.2 Å². The number of methoxy groups -OCH3 is 1. The lowest BCUT2D eigenvalue weighted by Gasteiger charge is -2.36. The number of fused-ring (bicyclic) bond motifs is 2. The van der Waals surface area contributed by atoms with Crippen LogP contribution in [0.1, 0.15) is 42.1 Å². The standard InChI is InChI=1S/C26H30N2O5/c1-16-11-24(31-2)21(19-7-9-27-26(16)19)13-28-10-8-23(33-14-17-3-4-17)20-6-5-18(12-22(20)28)32-15-25(29)30/h5-7,9,11-12,17,23,27H,3-4,8,10,13-15H2,1-2H3,(H,29,30)/t23-/m0/s1. The van der Waals surface area contributed by atoms with E-state index in [1.54, 1.807) is 7.11 Å². The summed E-state index contributed by atoms with van der Waals surface area (Å²) in [5.41, 5.74) is 5.54. The van der Waals surface area contributed by atoms with Gasteiger partial charge in [0.1, 0.15) is 11.5 Å². The number of hydrogen-bond acceptors (Lipinski definition) is 5. The Kier molecular flexibility index (Phi) is 5.89. The predicted octanol–water partition coefficient (Wildman–Crippen LogP) is 4.83. The largest absolute Gasteiger partial charge is 0.496 e. The minimum Gasteiger partial charge on any atom is -0.496 e. The molecule has 1 fully saturated rings. The Morgan fingerprint density at radius 1 is 1.21 bits per heavy atom. The van der Waals surface area contributed by atoms with Crippen molar-refractivity contribution in [3.63, 3.8) is 0 Å². The quantitative estimate of drug-likeness (QED) is 0.486. The van der Waals surface area contributed by atoms with Crippen LogP contribution in [0, 0.1) is 12.8 Å². The minimum atomic E-state index is -0.991. The van der Waals surface area contributed by atoms with Crippen molar-refractivity contribution >= 4 is 22.6 Å². The monoisotopic (exact) mass is 450 g/mol. The van der Waals surface area contributed by atoms with E-state index in [4.69, 9.17) is 19.3 Å². The zero-order valence-corrected chi connectivity index (χ0v) is 19.1. The minimum absolute atomic E-state index is 0.0394. The molecule has 0 amide bonds. The summed E-state index contributed by atoms with van der Waals surface area (Å²) in [6, 6.07) is 9.98. The summed E-state index contributed by atoms with van der Waals surface area (Å²) in [7, 11) is 1.71. The first-order chi connectivity index (χ1) is 16.0. The lowest BCUT2D eigenvalue weighted by Crippen LogP contribution is -2.32. The average Bonchev–Trinajstić information content (AvgIpc) is 3.51. The van der Waals surface area contributed by atoms with Crippen LogP contribution in [0.25, 0.3) is 10.9 Å². The highest BCUT2D eigenvalue weighted by Crippen LogP contribution is 2.42. The van der Waals surface area contributed by atoms with Crippen LogP contribution >= 0.6 is 0 Å². The van der Waals surface area contributed by atoms with Crippen molar-refractivity contribution in [1.82, 2.24) is 4.98 Å².